The minimum Gasteiger partial charge on any atom is -0.372 e. The van der Waals surface area contributed by atoms with E-state index in [1.165, 1.54) is 5.69 Å². The van der Waals surface area contributed by atoms with E-state index in [1.807, 2.05) is 13.0 Å². The van der Waals surface area contributed by atoms with Crippen LogP contribution in [-0.4, -0.2) is 23.6 Å². The van der Waals surface area contributed by atoms with E-state index in [2.05, 4.69) is 68.4 Å². The van der Waals surface area contributed by atoms with Gasteiger partial charge in [-0.05, 0) is 70.2 Å². The van der Waals surface area contributed by atoms with Crippen LogP contribution in [0.4, 0.5) is 5.69 Å². The number of amides is 1. The molecule has 2 N–H and O–H groups in total. The van der Waals surface area contributed by atoms with Crippen LogP contribution >= 0.6 is 0 Å². The summed E-state index contributed by atoms with van der Waals surface area (Å²) in [5.41, 5.74) is 10.6. The Labute approximate surface area is 164 Å². The lowest BCUT2D eigenvalue weighted by atomic mass is 10.0. The molecule has 1 unspecified atom stereocenters. The number of primary amides is 1. The van der Waals surface area contributed by atoms with Crippen LogP contribution in [0, 0.1) is 12.8 Å². The van der Waals surface area contributed by atoms with Gasteiger partial charge in [-0.2, -0.15) is 0 Å². The highest BCUT2D eigenvalue weighted by Crippen LogP contribution is 2.32. The molecule has 4 heteroatoms. The van der Waals surface area contributed by atoms with Crippen LogP contribution in [0.5, 0.6) is 0 Å². The maximum absolute atomic E-state index is 11.9. The van der Waals surface area contributed by atoms with E-state index in [0.29, 0.717) is 17.5 Å². The van der Waals surface area contributed by atoms with Crippen molar-refractivity contribution < 1.29 is 4.79 Å². The lowest BCUT2D eigenvalue weighted by Gasteiger charge is -2.23. The Kier molecular flexibility index (Phi) is 7.11. The van der Waals surface area contributed by atoms with E-state index in [9.17, 15) is 4.79 Å². The van der Waals surface area contributed by atoms with E-state index in [1.54, 1.807) is 0 Å². The zero-order chi connectivity index (χ0) is 20.1. The first kappa shape index (κ1) is 21.1. The number of nitrogens with two attached hydrogens (primary N) is 1. The van der Waals surface area contributed by atoms with Gasteiger partial charge in [-0.3, -0.25) is 4.79 Å². The average molecular weight is 370 g/mol. The summed E-state index contributed by atoms with van der Waals surface area (Å²) in [7, 11) is 0. The van der Waals surface area contributed by atoms with E-state index in [4.69, 9.17) is 5.73 Å². The van der Waals surface area contributed by atoms with Gasteiger partial charge in [-0.15, -0.1) is 0 Å². The van der Waals surface area contributed by atoms with Crippen LogP contribution < -0.4 is 10.6 Å². The third-order valence-corrected chi connectivity index (χ3v) is 5.45. The fourth-order valence-corrected chi connectivity index (χ4v) is 3.80. The van der Waals surface area contributed by atoms with Crippen molar-refractivity contribution in [1.82, 2.24) is 4.57 Å². The van der Waals surface area contributed by atoms with Crippen molar-refractivity contribution in [2.45, 2.75) is 60.4 Å². The Morgan fingerprint density at radius 1 is 1.07 bits per heavy atom. The fraction of sp³-hybridized carbons (Fsp3) is 0.522. The number of nitrogens with zero attached hydrogens (tertiary/aromatic N) is 2. The van der Waals surface area contributed by atoms with E-state index in [0.717, 1.165) is 42.9 Å². The van der Waals surface area contributed by atoms with Gasteiger partial charge in [0.2, 0.25) is 0 Å². The minimum atomic E-state index is -0.358. The van der Waals surface area contributed by atoms with Crippen LogP contribution in [0.3, 0.4) is 0 Å². The summed E-state index contributed by atoms with van der Waals surface area (Å²) in [5.74, 6) is 0.305. The summed E-state index contributed by atoms with van der Waals surface area (Å²) in [6.07, 6.45) is 2.24. The molecule has 1 aromatic carbocycles. The molecule has 0 fully saturated rings. The molecule has 0 spiro atoms. The lowest BCUT2D eigenvalue weighted by Crippen LogP contribution is -2.21. The molecule has 4 nitrogen and oxygen atoms in total. The van der Waals surface area contributed by atoms with Gasteiger partial charge in [0.25, 0.3) is 5.91 Å². The average Bonchev–Trinajstić information content (AvgIpc) is 2.99. The van der Waals surface area contributed by atoms with Gasteiger partial charge in [0.15, 0.2) is 0 Å². The first-order chi connectivity index (χ1) is 12.8. The van der Waals surface area contributed by atoms with E-state index < -0.39 is 0 Å². The number of benzene rings is 1. The minimum absolute atomic E-state index is 0.318. The van der Waals surface area contributed by atoms with Crippen LogP contribution in [0.25, 0.3) is 11.3 Å². The Morgan fingerprint density at radius 3 is 2.15 bits per heavy atom. The molecule has 0 aliphatic carbocycles. The van der Waals surface area contributed by atoms with Crippen molar-refractivity contribution in [3.05, 3.63) is 41.6 Å². The quantitative estimate of drug-likeness (QED) is 0.643. The molecule has 1 amide bonds. The van der Waals surface area contributed by atoms with Crippen molar-refractivity contribution in [1.29, 1.82) is 0 Å². The van der Waals surface area contributed by atoms with Crippen molar-refractivity contribution in [2.24, 2.45) is 11.7 Å². The summed E-state index contributed by atoms with van der Waals surface area (Å²) in [6, 6.07) is 10.9. The molecule has 0 aliphatic heterocycles. The van der Waals surface area contributed by atoms with Gasteiger partial charge >= 0.3 is 0 Å². The standard InChI is InChI=1S/C23H35N3O/c1-7-25(8-2)20-13-11-19(12-14-20)22-15-21(23(24)27)18(6)26(22)17(5)10-9-16(3)4/h11-17H,7-10H2,1-6H3,(H2,24,27). The summed E-state index contributed by atoms with van der Waals surface area (Å²) in [6.45, 7) is 15.0. The number of carbonyl (C=O) groups excluding carboxylic acids is 1. The molecule has 2 rings (SSSR count). The molecule has 1 heterocycles. The third kappa shape index (κ3) is 4.74. The number of hydrogen-bond donors (Lipinski definition) is 1. The maximum Gasteiger partial charge on any atom is 0.250 e. The SMILES string of the molecule is CCN(CC)c1ccc(-c2cc(C(N)=O)c(C)n2C(C)CCC(C)C)cc1. The van der Waals surface area contributed by atoms with Gasteiger partial charge < -0.3 is 15.2 Å². The van der Waals surface area contributed by atoms with Gasteiger partial charge in [0.1, 0.15) is 0 Å². The number of anilines is 1. The number of rotatable bonds is 9. The smallest absolute Gasteiger partial charge is 0.250 e. The Hall–Kier alpha value is -2.23. The van der Waals surface area contributed by atoms with Gasteiger partial charge in [0, 0.05) is 36.2 Å². The van der Waals surface area contributed by atoms with Crippen molar-refractivity contribution in [2.75, 3.05) is 18.0 Å². The number of aromatic nitrogens is 1. The molecule has 0 radical (unpaired) electrons. The summed E-state index contributed by atoms with van der Waals surface area (Å²) >= 11 is 0. The highest BCUT2D eigenvalue weighted by Gasteiger charge is 2.20. The Balaban J connectivity index is 2.45. The first-order valence-electron chi connectivity index (χ1n) is 10.2. The number of hydrogen-bond acceptors (Lipinski definition) is 2. The second-order valence-corrected chi connectivity index (χ2v) is 7.80. The molecule has 0 bridgehead atoms. The molecule has 1 aromatic heterocycles. The maximum atomic E-state index is 11.9. The summed E-state index contributed by atoms with van der Waals surface area (Å²) < 4.78 is 2.29. The molecular formula is C23H35N3O. The predicted molar refractivity (Wildman–Crippen MR) is 115 cm³/mol. The molecule has 2 aromatic rings. The third-order valence-electron chi connectivity index (χ3n) is 5.45. The molecular weight excluding hydrogens is 334 g/mol. The van der Waals surface area contributed by atoms with Crippen LogP contribution in [0.2, 0.25) is 0 Å². The zero-order valence-corrected chi connectivity index (χ0v) is 17.7. The zero-order valence-electron chi connectivity index (χ0n) is 17.7. The largest absolute Gasteiger partial charge is 0.372 e. The lowest BCUT2D eigenvalue weighted by molar-refractivity contribution is 0.0999. The van der Waals surface area contributed by atoms with Crippen LogP contribution in [0.15, 0.2) is 30.3 Å². The fourth-order valence-electron chi connectivity index (χ4n) is 3.80. The normalized spacial score (nSPS) is 12.4. The molecule has 0 saturated heterocycles. The topological polar surface area (TPSA) is 51.3 Å². The van der Waals surface area contributed by atoms with Crippen molar-refractivity contribution in [3.8, 4) is 11.3 Å². The van der Waals surface area contributed by atoms with Gasteiger partial charge in [0.05, 0.1) is 5.56 Å². The highest BCUT2D eigenvalue weighted by atomic mass is 16.1. The molecule has 0 saturated carbocycles. The summed E-state index contributed by atoms with van der Waals surface area (Å²) in [5, 5.41) is 0. The van der Waals surface area contributed by atoms with E-state index >= 15 is 0 Å². The monoisotopic (exact) mass is 369 g/mol. The molecule has 27 heavy (non-hydrogen) atoms. The Bertz CT molecular complexity index is 755. The van der Waals surface area contributed by atoms with E-state index in [-0.39, 0.29) is 5.91 Å². The van der Waals surface area contributed by atoms with Crippen LogP contribution in [0.1, 0.15) is 69.6 Å². The molecule has 1 atom stereocenters. The van der Waals surface area contributed by atoms with Crippen molar-refractivity contribution in [3.63, 3.8) is 0 Å². The second-order valence-electron chi connectivity index (χ2n) is 7.80. The second kappa shape index (κ2) is 9.12. The van der Waals surface area contributed by atoms with Gasteiger partial charge in [-0.1, -0.05) is 26.0 Å². The Morgan fingerprint density at radius 2 is 1.67 bits per heavy atom. The first-order valence-corrected chi connectivity index (χ1v) is 10.2. The van der Waals surface area contributed by atoms with Crippen molar-refractivity contribution >= 4 is 11.6 Å². The van der Waals surface area contributed by atoms with Gasteiger partial charge in [-0.25, -0.2) is 0 Å². The number of carbonyl (C=O) groups is 1. The molecule has 148 valence electrons. The molecule has 0 aliphatic rings. The predicted octanol–water partition coefficient (Wildman–Crippen LogP) is 5.41. The van der Waals surface area contributed by atoms with Crippen LogP contribution in [-0.2, 0) is 0 Å². The summed E-state index contributed by atoms with van der Waals surface area (Å²) in [4.78, 5) is 14.3. The highest BCUT2D eigenvalue weighted by molar-refractivity contribution is 5.95.